The van der Waals surface area contributed by atoms with Crippen LogP contribution in [0.1, 0.15) is 30.0 Å². The molecule has 0 bridgehead atoms. The normalized spacial score (nSPS) is 18.2. The standard InChI is InChI=1S/C22H18N2O7.Na/c1-2-22(29)15-7-17-19-12(8-24(17)20(27)14(15)9-31-21(22)28)5-11-6-13(30-10-18(25)26)3-4-16(11)23-19;/h3-7,29H,2,8-10H2,1H3,(H,25,26);/q;+1/p-1/t22-;/m0./s1. The minimum absolute atomic E-state index is 0. The van der Waals surface area contributed by atoms with Crippen LogP contribution in [0, 0.1) is 0 Å². The minimum atomic E-state index is -1.87. The van der Waals surface area contributed by atoms with Crippen LogP contribution >= 0.6 is 0 Å². The summed E-state index contributed by atoms with van der Waals surface area (Å²) < 4.78 is 11.8. The molecule has 0 radical (unpaired) electrons. The fraction of sp³-hybridized carbons (Fsp3) is 0.273. The van der Waals surface area contributed by atoms with E-state index in [1.54, 1.807) is 35.8 Å². The predicted molar refractivity (Wildman–Crippen MR) is 105 cm³/mol. The number of cyclic esters (lactones) is 1. The number of carbonyl (C=O) groups is 2. The zero-order chi connectivity index (χ0) is 21.9. The van der Waals surface area contributed by atoms with Crippen molar-refractivity contribution in [2.24, 2.45) is 0 Å². The quantitative estimate of drug-likeness (QED) is 0.264. The molecule has 0 saturated carbocycles. The summed E-state index contributed by atoms with van der Waals surface area (Å²) in [5, 5.41) is 22.2. The number of fused-ring (bicyclic) bond motifs is 5. The number of carbonyl (C=O) groups excluding carboxylic acids is 2. The van der Waals surface area contributed by atoms with Crippen LogP contribution in [0.5, 0.6) is 5.75 Å². The summed E-state index contributed by atoms with van der Waals surface area (Å²) in [6.07, 6.45) is 0.0778. The number of pyridine rings is 2. The fourth-order valence-electron chi connectivity index (χ4n) is 4.20. The average molecular weight is 444 g/mol. The Kier molecular flexibility index (Phi) is 5.62. The van der Waals surface area contributed by atoms with Crippen LogP contribution in [-0.4, -0.2) is 33.2 Å². The molecule has 2 aromatic heterocycles. The van der Waals surface area contributed by atoms with Gasteiger partial charge in [-0.05, 0) is 36.8 Å². The van der Waals surface area contributed by atoms with E-state index in [9.17, 15) is 24.6 Å². The van der Waals surface area contributed by atoms with E-state index in [4.69, 9.17) is 9.47 Å². The maximum absolute atomic E-state index is 13.1. The molecule has 3 aromatic rings. The molecule has 0 fully saturated rings. The summed E-state index contributed by atoms with van der Waals surface area (Å²) in [6, 6.07) is 8.49. The minimum Gasteiger partial charge on any atom is -0.546 e. The third kappa shape index (κ3) is 3.32. The van der Waals surface area contributed by atoms with Crippen molar-refractivity contribution in [2.45, 2.75) is 32.1 Å². The Hall–Kier alpha value is -2.72. The van der Waals surface area contributed by atoms with Gasteiger partial charge in [0.2, 0.25) is 0 Å². The van der Waals surface area contributed by atoms with Crippen molar-refractivity contribution in [2.75, 3.05) is 6.61 Å². The SMILES string of the molecule is CC[C@@]1(O)C(=O)OCc2c1cc1n(c2=O)Cc2cc3cc(OCC(=O)[O-])ccc3nc2-1.[Na+]. The first-order valence-electron chi connectivity index (χ1n) is 9.75. The van der Waals surface area contributed by atoms with Crippen LogP contribution in [0.2, 0.25) is 0 Å². The Morgan fingerprint density at radius 1 is 1.31 bits per heavy atom. The van der Waals surface area contributed by atoms with Gasteiger partial charge in [0.05, 0.1) is 35.0 Å². The maximum Gasteiger partial charge on any atom is 1.00 e. The van der Waals surface area contributed by atoms with Gasteiger partial charge < -0.3 is 29.0 Å². The van der Waals surface area contributed by atoms with Crippen LogP contribution in [0.3, 0.4) is 0 Å². The second-order valence-corrected chi connectivity index (χ2v) is 7.61. The summed E-state index contributed by atoms with van der Waals surface area (Å²) in [7, 11) is 0. The smallest absolute Gasteiger partial charge is 0.546 e. The Labute approximate surface area is 203 Å². The number of carboxylic acid groups (broad SMARTS) is 1. The van der Waals surface area contributed by atoms with Crippen molar-refractivity contribution < 1.29 is 58.8 Å². The summed E-state index contributed by atoms with van der Waals surface area (Å²) in [4.78, 5) is 40.6. The molecular formula is C22H17N2NaO7. The average Bonchev–Trinajstić information content (AvgIpc) is 3.11. The predicted octanol–water partition coefficient (Wildman–Crippen LogP) is -2.79. The van der Waals surface area contributed by atoms with E-state index in [0.717, 1.165) is 10.9 Å². The van der Waals surface area contributed by atoms with E-state index in [2.05, 4.69) is 4.98 Å². The molecule has 0 unspecified atom stereocenters. The molecule has 1 atom stereocenters. The number of rotatable bonds is 4. The first-order valence-corrected chi connectivity index (χ1v) is 9.75. The van der Waals surface area contributed by atoms with Gasteiger partial charge in [0.15, 0.2) is 5.60 Å². The molecule has 158 valence electrons. The van der Waals surface area contributed by atoms with Crippen molar-refractivity contribution in [1.82, 2.24) is 9.55 Å². The zero-order valence-electron chi connectivity index (χ0n) is 17.5. The Morgan fingerprint density at radius 2 is 2.09 bits per heavy atom. The molecule has 2 aliphatic rings. The summed E-state index contributed by atoms with van der Waals surface area (Å²) in [6.45, 7) is 1.20. The van der Waals surface area contributed by atoms with Gasteiger partial charge in [0, 0.05) is 16.5 Å². The third-order valence-corrected chi connectivity index (χ3v) is 5.84. The van der Waals surface area contributed by atoms with E-state index in [1.165, 1.54) is 0 Å². The number of hydrogen-bond donors (Lipinski definition) is 1. The van der Waals surface area contributed by atoms with Gasteiger partial charge in [-0.3, -0.25) is 4.79 Å². The Bertz CT molecular complexity index is 1350. The number of aliphatic hydroxyl groups is 1. The fourth-order valence-corrected chi connectivity index (χ4v) is 4.20. The van der Waals surface area contributed by atoms with Gasteiger partial charge in [0.25, 0.3) is 5.56 Å². The number of esters is 1. The molecule has 1 N–H and O–H groups in total. The molecule has 2 aliphatic heterocycles. The van der Waals surface area contributed by atoms with Gasteiger partial charge in [-0.25, -0.2) is 9.78 Å². The van der Waals surface area contributed by atoms with Gasteiger partial charge >= 0.3 is 35.5 Å². The van der Waals surface area contributed by atoms with Crippen LogP contribution in [-0.2, 0) is 33.1 Å². The van der Waals surface area contributed by atoms with Gasteiger partial charge in [0.1, 0.15) is 19.0 Å². The van der Waals surface area contributed by atoms with E-state index in [1.807, 2.05) is 6.07 Å². The van der Waals surface area contributed by atoms with Crippen molar-refractivity contribution in [3.05, 3.63) is 57.4 Å². The van der Waals surface area contributed by atoms with Crippen LogP contribution < -0.4 is 45.0 Å². The number of aliphatic carboxylic acids is 1. The molecule has 0 aliphatic carbocycles. The van der Waals surface area contributed by atoms with Gasteiger partial charge in [-0.1, -0.05) is 6.92 Å². The molecule has 0 spiro atoms. The van der Waals surface area contributed by atoms with Crippen molar-refractivity contribution >= 4 is 22.8 Å². The second kappa shape index (κ2) is 8.00. The van der Waals surface area contributed by atoms with E-state index in [-0.39, 0.29) is 65.8 Å². The third-order valence-electron chi connectivity index (χ3n) is 5.84. The molecule has 5 rings (SSSR count). The molecule has 9 nitrogen and oxygen atoms in total. The Balaban J connectivity index is 0.00000245. The van der Waals surface area contributed by atoms with E-state index >= 15 is 0 Å². The molecule has 4 heterocycles. The zero-order valence-corrected chi connectivity index (χ0v) is 19.5. The van der Waals surface area contributed by atoms with Crippen molar-refractivity contribution in [1.29, 1.82) is 0 Å². The second-order valence-electron chi connectivity index (χ2n) is 7.61. The van der Waals surface area contributed by atoms with Crippen molar-refractivity contribution in [3.63, 3.8) is 0 Å². The van der Waals surface area contributed by atoms with Gasteiger partial charge in [-0.15, -0.1) is 0 Å². The number of hydrogen-bond acceptors (Lipinski definition) is 8. The topological polar surface area (TPSA) is 131 Å². The number of ether oxygens (including phenoxy) is 2. The monoisotopic (exact) mass is 444 g/mol. The number of benzene rings is 1. The summed E-state index contributed by atoms with van der Waals surface area (Å²) in [5.74, 6) is -1.72. The Morgan fingerprint density at radius 3 is 2.81 bits per heavy atom. The molecule has 1 aromatic carbocycles. The maximum atomic E-state index is 13.1. The largest absolute Gasteiger partial charge is 1.00 e. The molecule has 10 heteroatoms. The van der Waals surface area contributed by atoms with Crippen LogP contribution in [0.25, 0.3) is 22.3 Å². The van der Waals surface area contributed by atoms with E-state index < -0.39 is 24.1 Å². The van der Waals surface area contributed by atoms with E-state index in [0.29, 0.717) is 22.7 Å². The van der Waals surface area contributed by atoms with Crippen molar-refractivity contribution in [3.8, 4) is 17.1 Å². The van der Waals surface area contributed by atoms with Crippen LogP contribution in [0.15, 0.2) is 35.1 Å². The molecule has 0 saturated heterocycles. The van der Waals surface area contributed by atoms with Crippen LogP contribution in [0.4, 0.5) is 0 Å². The number of aromatic nitrogens is 2. The summed E-state index contributed by atoms with van der Waals surface area (Å²) >= 11 is 0. The first-order chi connectivity index (χ1) is 14.8. The summed E-state index contributed by atoms with van der Waals surface area (Å²) in [5.41, 5.74) is 0.873. The van der Waals surface area contributed by atoms with Gasteiger partial charge in [-0.2, -0.15) is 0 Å². The molecule has 32 heavy (non-hydrogen) atoms. The molecule has 0 amide bonds. The molecular weight excluding hydrogens is 427 g/mol. The number of carboxylic acids is 1. The number of nitrogens with zero attached hydrogens (tertiary/aromatic N) is 2. The first kappa shape index (κ1) is 22.5.